The van der Waals surface area contributed by atoms with E-state index in [9.17, 15) is 13.2 Å². The number of piperazine rings is 1. The molecular weight excluding hydrogens is 424 g/mol. The monoisotopic (exact) mass is 456 g/mol. The van der Waals surface area contributed by atoms with Crippen LogP contribution in [-0.4, -0.2) is 70.4 Å². The van der Waals surface area contributed by atoms with Crippen molar-refractivity contribution in [2.75, 3.05) is 46.3 Å². The summed E-state index contributed by atoms with van der Waals surface area (Å²) >= 11 is 0. The standard InChI is InChI=1S/C24H32N4O3S/c1-3-25-32(30,31)22-12-9-20(10-13-22)11-14-24(29)26-23(21-7-5-4-6-8-21)19-28-17-15-27(2)16-18-28/h4-14,23,25H,3,15-19H2,1-2H3,(H,26,29)/b14-11+. The van der Waals surface area contributed by atoms with Gasteiger partial charge in [-0.3, -0.25) is 9.69 Å². The molecule has 0 radical (unpaired) electrons. The second-order valence-electron chi connectivity index (χ2n) is 7.98. The summed E-state index contributed by atoms with van der Waals surface area (Å²) in [6.45, 7) is 6.83. The first-order valence-electron chi connectivity index (χ1n) is 10.9. The van der Waals surface area contributed by atoms with Crippen molar-refractivity contribution in [3.05, 3.63) is 71.8 Å². The average molecular weight is 457 g/mol. The zero-order valence-electron chi connectivity index (χ0n) is 18.7. The molecule has 3 rings (SSSR count). The molecule has 1 atom stereocenters. The first-order chi connectivity index (χ1) is 15.4. The number of likely N-dealkylation sites (N-methyl/N-ethyl adjacent to an activating group) is 1. The van der Waals surface area contributed by atoms with Gasteiger partial charge in [0.15, 0.2) is 0 Å². The van der Waals surface area contributed by atoms with Gasteiger partial charge in [0.05, 0.1) is 10.9 Å². The van der Waals surface area contributed by atoms with Crippen molar-refractivity contribution in [3.8, 4) is 0 Å². The van der Waals surface area contributed by atoms with Gasteiger partial charge in [-0.15, -0.1) is 0 Å². The Morgan fingerprint density at radius 3 is 2.31 bits per heavy atom. The zero-order chi connectivity index (χ0) is 23.0. The van der Waals surface area contributed by atoms with Gasteiger partial charge < -0.3 is 10.2 Å². The number of hydrogen-bond donors (Lipinski definition) is 2. The van der Waals surface area contributed by atoms with Crippen LogP contribution in [0.25, 0.3) is 6.08 Å². The zero-order valence-corrected chi connectivity index (χ0v) is 19.5. The molecule has 0 aromatic heterocycles. The molecule has 2 aromatic carbocycles. The van der Waals surface area contributed by atoms with Crippen molar-refractivity contribution < 1.29 is 13.2 Å². The molecule has 2 aromatic rings. The van der Waals surface area contributed by atoms with Gasteiger partial charge in [0, 0.05) is 45.3 Å². The van der Waals surface area contributed by atoms with Gasteiger partial charge in [-0.05, 0) is 36.4 Å². The lowest BCUT2D eigenvalue weighted by molar-refractivity contribution is -0.117. The number of amides is 1. The van der Waals surface area contributed by atoms with Crippen molar-refractivity contribution >= 4 is 22.0 Å². The van der Waals surface area contributed by atoms with Crippen LogP contribution < -0.4 is 10.0 Å². The Kier molecular flexibility index (Phi) is 8.58. The molecule has 1 aliphatic rings. The Morgan fingerprint density at radius 1 is 1.03 bits per heavy atom. The topological polar surface area (TPSA) is 81.7 Å². The first kappa shape index (κ1) is 24.1. The molecule has 1 aliphatic heterocycles. The molecule has 0 spiro atoms. The second kappa shape index (κ2) is 11.4. The fraction of sp³-hybridized carbons (Fsp3) is 0.375. The van der Waals surface area contributed by atoms with Crippen LogP contribution in [0.4, 0.5) is 0 Å². The third-order valence-corrected chi connectivity index (χ3v) is 7.07. The Hall–Kier alpha value is -2.52. The molecule has 2 N–H and O–H groups in total. The highest BCUT2D eigenvalue weighted by Gasteiger charge is 2.20. The van der Waals surface area contributed by atoms with E-state index in [0.29, 0.717) is 6.54 Å². The number of hydrogen-bond acceptors (Lipinski definition) is 5. The van der Waals surface area contributed by atoms with Gasteiger partial charge in [0.1, 0.15) is 0 Å². The summed E-state index contributed by atoms with van der Waals surface area (Å²) in [5.74, 6) is -0.183. The smallest absolute Gasteiger partial charge is 0.244 e. The summed E-state index contributed by atoms with van der Waals surface area (Å²) in [4.78, 5) is 17.6. The van der Waals surface area contributed by atoms with E-state index in [1.54, 1.807) is 25.1 Å². The Balaban J connectivity index is 1.65. The summed E-state index contributed by atoms with van der Waals surface area (Å²) in [5, 5.41) is 3.13. The van der Waals surface area contributed by atoms with Gasteiger partial charge in [0.2, 0.25) is 15.9 Å². The summed E-state index contributed by atoms with van der Waals surface area (Å²) in [5.41, 5.74) is 1.83. The molecule has 0 bridgehead atoms. The number of benzene rings is 2. The van der Waals surface area contributed by atoms with Crippen LogP contribution in [0.5, 0.6) is 0 Å². The van der Waals surface area contributed by atoms with E-state index < -0.39 is 10.0 Å². The van der Waals surface area contributed by atoms with Gasteiger partial charge >= 0.3 is 0 Å². The molecule has 172 valence electrons. The number of rotatable bonds is 9. The highest BCUT2D eigenvalue weighted by molar-refractivity contribution is 7.89. The van der Waals surface area contributed by atoms with Gasteiger partial charge in [-0.2, -0.15) is 0 Å². The predicted molar refractivity (Wildman–Crippen MR) is 128 cm³/mol. The molecule has 0 aliphatic carbocycles. The molecule has 1 unspecified atom stereocenters. The van der Waals surface area contributed by atoms with E-state index in [0.717, 1.165) is 43.9 Å². The fourth-order valence-corrected chi connectivity index (χ4v) is 4.67. The minimum Gasteiger partial charge on any atom is -0.344 e. The quantitative estimate of drug-likeness (QED) is 0.565. The van der Waals surface area contributed by atoms with Gasteiger partial charge in [0.25, 0.3) is 0 Å². The normalized spacial score (nSPS) is 16.8. The van der Waals surface area contributed by atoms with E-state index in [4.69, 9.17) is 0 Å². The Labute approximate surface area is 191 Å². The van der Waals surface area contributed by atoms with Crippen molar-refractivity contribution in [3.63, 3.8) is 0 Å². The van der Waals surface area contributed by atoms with E-state index in [-0.39, 0.29) is 16.8 Å². The average Bonchev–Trinajstić information content (AvgIpc) is 2.79. The molecule has 1 amide bonds. The minimum absolute atomic E-state index is 0.107. The fourth-order valence-electron chi connectivity index (χ4n) is 3.63. The SMILES string of the molecule is CCNS(=O)(=O)c1ccc(/C=C/C(=O)NC(CN2CCN(C)CC2)c2ccccc2)cc1. The maximum Gasteiger partial charge on any atom is 0.244 e. The predicted octanol–water partition coefficient (Wildman–Crippen LogP) is 2.10. The lowest BCUT2D eigenvalue weighted by Crippen LogP contribution is -2.47. The first-order valence-corrected chi connectivity index (χ1v) is 12.4. The van der Waals surface area contributed by atoms with Crippen LogP contribution >= 0.6 is 0 Å². The van der Waals surface area contributed by atoms with Crippen LogP contribution in [0.15, 0.2) is 65.6 Å². The summed E-state index contributed by atoms with van der Waals surface area (Å²) in [6, 6.07) is 16.4. The number of sulfonamides is 1. The Bertz CT molecular complexity index is 999. The van der Waals surface area contributed by atoms with Crippen LogP contribution in [0.3, 0.4) is 0 Å². The molecule has 1 heterocycles. The lowest BCUT2D eigenvalue weighted by Gasteiger charge is -2.34. The molecular formula is C24H32N4O3S. The van der Waals surface area contributed by atoms with Crippen LogP contribution in [0.1, 0.15) is 24.1 Å². The second-order valence-corrected chi connectivity index (χ2v) is 9.75. The molecule has 7 nitrogen and oxygen atoms in total. The van der Waals surface area contributed by atoms with Crippen LogP contribution in [0, 0.1) is 0 Å². The van der Waals surface area contributed by atoms with Crippen molar-refractivity contribution in [2.45, 2.75) is 17.9 Å². The maximum atomic E-state index is 12.7. The summed E-state index contributed by atoms with van der Waals surface area (Å²) in [6.07, 6.45) is 3.19. The minimum atomic E-state index is -3.48. The number of nitrogens with zero attached hydrogens (tertiary/aromatic N) is 2. The Morgan fingerprint density at radius 2 is 1.69 bits per heavy atom. The van der Waals surface area contributed by atoms with Crippen LogP contribution in [-0.2, 0) is 14.8 Å². The highest BCUT2D eigenvalue weighted by atomic mass is 32.2. The maximum absolute atomic E-state index is 12.7. The number of carbonyl (C=O) groups excluding carboxylic acids is 1. The molecule has 1 saturated heterocycles. The van der Waals surface area contributed by atoms with Crippen molar-refractivity contribution in [1.82, 2.24) is 19.8 Å². The van der Waals surface area contributed by atoms with E-state index in [1.165, 1.54) is 18.2 Å². The third kappa shape index (κ3) is 7.00. The van der Waals surface area contributed by atoms with Crippen LogP contribution in [0.2, 0.25) is 0 Å². The molecule has 8 heteroatoms. The summed E-state index contributed by atoms with van der Waals surface area (Å²) in [7, 11) is -1.36. The third-order valence-electron chi connectivity index (χ3n) is 5.51. The van der Waals surface area contributed by atoms with Crippen molar-refractivity contribution in [1.29, 1.82) is 0 Å². The van der Waals surface area contributed by atoms with E-state index >= 15 is 0 Å². The number of nitrogens with one attached hydrogen (secondary N) is 2. The van der Waals surface area contributed by atoms with Crippen molar-refractivity contribution in [2.24, 2.45) is 0 Å². The molecule has 1 fully saturated rings. The molecule has 0 saturated carbocycles. The van der Waals surface area contributed by atoms with Gasteiger partial charge in [-0.1, -0.05) is 49.4 Å². The van der Waals surface area contributed by atoms with E-state index in [1.807, 2.05) is 30.3 Å². The largest absolute Gasteiger partial charge is 0.344 e. The lowest BCUT2D eigenvalue weighted by atomic mass is 10.1. The van der Waals surface area contributed by atoms with Gasteiger partial charge in [-0.25, -0.2) is 13.1 Å². The highest BCUT2D eigenvalue weighted by Crippen LogP contribution is 2.16. The van der Waals surface area contributed by atoms with E-state index in [2.05, 4.69) is 26.9 Å². The number of carbonyl (C=O) groups is 1. The summed E-state index contributed by atoms with van der Waals surface area (Å²) < 4.78 is 26.6. The molecule has 32 heavy (non-hydrogen) atoms.